The number of carbonyl (C=O) groups is 1. The van der Waals surface area contributed by atoms with E-state index in [0.717, 1.165) is 10.0 Å². The number of carbonyl (C=O) groups excluding carboxylic acids is 1. The van der Waals surface area contributed by atoms with Crippen LogP contribution in [0.5, 0.6) is 11.5 Å². The lowest BCUT2D eigenvalue weighted by Gasteiger charge is -2.31. The summed E-state index contributed by atoms with van der Waals surface area (Å²) in [6.07, 6.45) is 0.402. The van der Waals surface area contributed by atoms with Crippen LogP contribution >= 0.6 is 15.9 Å². The van der Waals surface area contributed by atoms with E-state index in [-0.39, 0.29) is 5.78 Å². The maximum atomic E-state index is 12.1. The van der Waals surface area contributed by atoms with Gasteiger partial charge in [0.1, 0.15) is 23.7 Å². The van der Waals surface area contributed by atoms with Gasteiger partial charge in [-0.25, -0.2) is 0 Å². The van der Waals surface area contributed by atoms with Gasteiger partial charge in [0.05, 0.1) is 12.0 Å². The van der Waals surface area contributed by atoms with Gasteiger partial charge in [-0.05, 0) is 43.7 Å². The average molecular weight is 361 g/mol. The number of hydrogen-bond acceptors (Lipinski definition) is 3. The van der Waals surface area contributed by atoms with E-state index in [4.69, 9.17) is 9.47 Å². The molecule has 114 valence electrons. The van der Waals surface area contributed by atoms with Crippen LogP contribution in [0, 0.1) is 0 Å². The van der Waals surface area contributed by atoms with Crippen LogP contribution in [0.2, 0.25) is 0 Å². The molecule has 0 spiro atoms. The Balaban J connectivity index is 1.76. The minimum Gasteiger partial charge on any atom is -0.489 e. The standard InChI is InChI=1S/C18H17BrO3/c1-18(2)10-16(20)15-8-7-14(9-17(15)22-18)21-11-12-3-5-13(19)6-4-12/h3-9H,10-11H2,1-2H3. The van der Waals surface area contributed by atoms with Gasteiger partial charge < -0.3 is 9.47 Å². The van der Waals surface area contributed by atoms with Crippen molar-refractivity contribution in [3.63, 3.8) is 0 Å². The van der Waals surface area contributed by atoms with Crippen LogP contribution in [0.15, 0.2) is 46.9 Å². The molecule has 1 aliphatic rings. The maximum absolute atomic E-state index is 12.1. The van der Waals surface area contributed by atoms with E-state index in [2.05, 4.69) is 15.9 Å². The minimum atomic E-state index is -0.464. The molecule has 3 rings (SSSR count). The summed E-state index contributed by atoms with van der Waals surface area (Å²) in [7, 11) is 0. The second-order valence-corrected chi connectivity index (χ2v) is 6.95. The lowest BCUT2D eigenvalue weighted by atomic mass is 9.93. The first-order valence-electron chi connectivity index (χ1n) is 7.16. The molecule has 1 aliphatic heterocycles. The van der Waals surface area contributed by atoms with Gasteiger partial charge in [-0.15, -0.1) is 0 Å². The molecule has 0 N–H and O–H groups in total. The molecule has 0 unspecified atom stereocenters. The fourth-order valence-electron chi connectivity index (χ4n) is 2.47. The zero-order valence-electron chi connectivity index (χ0n) is 12.6. The number of ketones is 1. The highest BCUT2D eigenvalue weighted by molar-refractivity contribution is 9.10. The predicted octanol–water partition coefficient (Wildman–Crippen LogP) is 4.77. The van der Waals surface area contributed by atoms with Crippen molar-refractivity contribution >= 4 is 21.7 Å². The van der Waals surface area contributed by atoms with Gasteiger partial charge >= 0.3 is 0 Å². The molecule has 0 fully saturated rings. The molecule has 3 nitrogen and oxygen atoms in total. The Kier molecular flexibility index (Phi) is 3.96. The number of benzene rings is 2. The second kappa shape index (κ2) is 5.76. The van der Waals surface area contributed by atoms with Crippen molar-refractivity contribution in [2.75, 3.05) is 0 Å². The van der Waals surface area contributed by atoms with E-state index in [1.54, 1.807) is 12.1 Å². The summed E-state index contributed by atoms with van der Waals surface area (Å²) >= 11 is 3.41. The molecule has 0 saturated heterocycles. The van der Waals surface area contributed by atoms with Crippen LogP contribution in [-0.2, 0) is 6.61 Å². The summed E-state index contributed by atoms with van der Waals surface area (Å²) in [4.78, 5) is 12.1. The van der Waals surface area contributed by atoms with E-state index in [0.29, 0.717) is 30.1 Å². The average Bonchev–Trinajstić information content (AvgIpc) is 2.45. The summed E-state index contributed by atoms with van der Waals surface area (Å²) < 4.78 is 12.7. The third kappa shape index (κ3) is 3.33. The molecule has 0 radical (unpaired) electrons. The number of rotatable bonds is 3. The summed E-state index contributed by atoms with van der Waals surface area (Å²) in [6.45, 7) is 4.32. The van der Waals surface area contributed by atoms with Gasteiger partial charge in [0.15, 0.2) is 5.78 Å². The van der Waals surface area contributed by atoms with Crippen molar-refractivity contribution in [2.45, 2.75) is 32.5 Å². The van der Waals surface area contributed by atoms with E-state index in [9.17, 15) is 4.79 Å². The van der Waals surface area contributed by atoms with Gasteiger partial charge in [-0.3, -0.25) is 4.79 Å². The Hall–Kier alpha value is -1.81. The summed E-state index contributed by atoms with van der Waals surface area (Å²) in [5.74, 6) is 1.42. The predicted molar refractivity (Wildman–Crippen MR) is 88.6 cm³/mol. The lowest BCUT2D eigenvalue weighted by molar-refractivity contribution is 0.0618. The number of halogens is 1. The van der Waals surface area contributed by atoms with Crippen LogP contribution in [0.4, 0.5) is 0 Å². The Morgan fingerprint density at radius 1 is 1.18 bits per heavy atom. The van der Waals surface area contributed by atoms with Crippen molar-refractivity contribution < 1.29 is 14.3 Å². The van der Waals surface area contributed by atoms with Crippen LogP contribution in [0.1, 0.15) is 36.2 Å². The molecular weight excluding hydrogens is 344 g/mol. The summed E-state index contributed by atoms with van der Waals surface area (Å²) in [6, 6.07) is 13.4. The molecule has 0 aromatic heterocycles. The van der Waals surface area contributed by atoms with Gasteiger partial charge in [0, 0.05) is 10.5 Å². The van der Waals surface area contributed by atoms with E-state index in [1.807, 2.05) is 44.2 Å². The fourth-order valence-corrected chi connectivity index (χ4v) is 2.73. The van der Waals surface area contributed by atoms with Crippen LogP contribution in [0.25, 0.3) is 0 Å². The molecule has 4 heteroatoms. The van der Waals surface area contributed by atoms with Crippen molar-refractivity contribution in [3.8, 4) is 11.5 Å². The Bertz CT molecular complexity index is 705. The van der Waals surface area contributed by atoms with Crippen LogP contribution < -0.4 is 9.47 Å². The zero-order valence-corrected chi connectivity index (χ0v) is 14.1. The number of fused-ring (bicyclic) bond motifs is 1. The molecule has 0 bridgehead atoms. The number of ether oxygens (including phenoxy) is 2. The smallest absolute Gasteiger partial charge is 0.170 e. The van der Waals surface area contributed by atoms with Crippen molar-refractivity contribution in [1.82, 2.24) is 0 Å². The molecule has 0 aliphatic carbocycles. The first-order chi connectivity index (χ1) is 10.4. The molecule has 2 aromatic rings. The summed E-state index contributed by atoms with van der Waals surface area (Å²) in [5, 5.41) is 0. The van der Waals surface area contributed by atoms with Gasteiger partial charge in [0.2, 0.25) is 0 Å². The van der Waals surface area contributed by atoms with Crippen molar-refractivity contribution in [3.05, 3.63) is 58.1 Å². The number of hydrogen-bond donors (Lipinski definition) is 0. The van der Waals surface area contributed by atoms with Crippen molar-refractivity contribution in [1.29, 1.82) is 0 Å². The monoisotopic (exact) mass is 360 g/mol. The molecule has 0 amide bonds. The summed E-state index contributed by atoms with van der Waals surface area (Å²) in [5.41, 5.74) is 1.25. The van der Waals surface area contributed by atoms with Gasteiger partial charge in [-0.2, -0.15) is 0 Å². The Labute approximate surface area is 138 Å². The van der Waals surface area contributed by atoms with Gasteiger partial charge in [0.25, 0.3) is 0 Å². The number of Topliss-reactive ketones (excluding diaryl/α,β-unsaturated/α-hetero) is 1. The third-order valence-electron chi connectivity index (χ3n) is 3.54. The zero-order chi connectivity index (χ0) is 15.7. The molecule has 2 aromatic carbocycles. The molecule has 22 heavy (non-hydrogen) atoms. The van der Waals surface area contributed by atoms with Crippen LogP contribution in [-0.4, -0.2) is 11.4 Å². The Morgan fingerprint density at radius 3 is 2.64 bits per heavy atom. The van der Waals surface area contributed by atoms with Gasteiger partial charge in [-0.1, -0.05) is 28.1 Å². The fraction of sp³-hybridized carbons (Fsp3) is 0.278. The second-order valence-electron chi connectivity index (χ2n) is 6.03. The molecule has 0 atom stereocenters. The topological polar surface area (TPSA) is 35.5 Å². The molecule has 0 saturated carbocycles. The Morgan fingerprint density at radius 2 is 1.91 bits per heavy atom. The first kappa shape index (κ1) is 15.1. The van der Waals surface area contributed by atoms with E-state index >= 15 is 0 Å². The minimum absolute atomic E-state index is 0.116. The largest absolute Gasteiger partial charge is 0.489 e. The third-order valence-corrected chi connectivity index (χ3v) is 4.07. The highest BCUT2D eigenvalue weighted by Gasteiger charge is 2.32. The normalized spacial score (nSPS) is 15.9. The molecule has 1 heterocycles. The maximum Gasteiger partial charge on any atom is 0.170 e. The first-order valence-corrected chi connectivity index (χ1v) is 7.96. The quantitative estimate of drug-likeness (QED) is 0.790. The molecular formula is C18H17BrO3. The highest BCUT2D eigenvalue weighted by Crippen LogP contribution is 2.35. The highest BCUT2D eigenvalue weighted by atomic mass is 79.9. The van der Waals surface area contributed by atoms with Crippen LogP contribution in [0.3, 0.4) is 0 Å². The SMILES string of the molecule is CC1(C)CC(=O)c2ccc(OCc3ccc(Br)cc3)cc2O1. The van der Waals surface area contributed by atoms with E-state index in [1.165, 1.54) is 0 Å². The van der Waals surface area contributed by atoms with Crippen molar-refractivity contribution in [2.24, 2.45) is 0 Å². The van der Waals surface area contributed by atoms with E-state index < -0.39 is 5.60 Å². The lowest BCUT2D eigenvalue weighted by Crippen LogP contribution is -2.35.